The molecule has 5 rings (SSSR count). The van der Waals surface area contributed by atoms with Crippen LogP contribution in [0.3, 0.4) is 0 Å². The van der Waals surface area contributed by atoms with Gasteiger partial charge in [-0.3, -0.25) is 4.79 Å². The summed E-state index contributed by atoms with van der Waals surface area (Å²) in [7, 11) is 0. The SMILES string of the molecule is Cc1cc(C)n(-c2ccc(C(=O)N3CCc4oc(C5CCOCC5)nc4C3)cc2)n1. The van der Waals surface area contributed by atoms with Crippen LogP contribution in [0.5, 0.6) is 0 Å². The Balaban J connectivity index is 1.30. The second-order valence-corrected chi connectivity index (χ2v) is 8.17. The zero-order valence-electron chi connectivity index (χ0n) is 17.4. The van der Waals surface area contributed by atoms with E-state index in [1.54, 1.807) is 0 Å². The summed E-state index contributed by atoms with van der Waals surface area (Å²) in [5.74, 6) is 2.10. The largest absolute Gasteiger partial charge is 0.445 e. The van der Waals surface area contributed by atoms with Crippen LogP contribution in [-0.4, -0.2) is 45.3 Å². The number of hydrogen-bond donors (Lipinski definition) is 0. The van der Waals surface area contributed by atoms with Gasteiger partial charge in [0.25, 0.3) is 5.91 Å². The van der Waals surface area contributed by atoms with Crippen molar-refractivity contribution in [1.82, 2.24) is 19.7 Å². The quantitative estimate of drug-likeness (QED) is 0.665. The van der Waals surface area contributed by atoms with Crippen LogP contribution in [0.2, 0.25) is 0 Å². The molecule has 0 spiro atoms. The highest BCUT2D eigenvalue weighted by atomic mass is 16.5. The standard InChI is InChI=1S/C23H26N4O3/c1-15-13-16(2)27(25-15)19-5-3-18(4-6-19)23(28)26-10-7-21-20(14-26)24-22(30-21)17-8-11-29-12-9-17/h3-6,13,17H,7-12,14H2,1-2H3. The summed E-state index contributed by atoms with van der Waals surface area (Å²) in [5, 5.41) is 4.51. The molecule has 0 bridgehead atoms. The second-order valence-electron chi connectivity index (χ2n) is 8.17. The van der Waals surface area contributed by atoms with Gasteiger partial charge in [-0.1, -0.05) is 0 Å². The molecule has 1 saturated heterocycles. The van der Waals surface area contributed by atoms with Crippen molar-refractivity contribution in [2.45, 2.75) is 45.6 Å². The van der Waals surface area contributed by atoms with Crippen LogP contribution in [0.25, 0.3) is 5.69 Å². The second kappa shape index (κ2) is 7.72. The number of oxazole rings is 1. The van der Waals surface area contributed by atoms with Gasteiger partial charge in [-0.2, -0.15) is 5.10 Å². The number of aryl methyl sites for hydroxylation is 2. The van der Waals surface area contributed by atoms with E-state index in [9.17, 15) is 4.79 Å². The lowest BCUT2D eigenvalue weighted by molar-refractivity contribution is 0.0726. The summed E-state index contributed by atoms with van der Waals surface area (Å²) in [4.78, 5) is 19.7. The molecule has 2 aliphatic rings. The van der Waals surface area contributed by atoms with E-state index in [-0.39, 0.29) is 5.91 Å². The molecule has 30 heavy (non-hydrogen) atoms. The first-order valence-electron chi connectivity index (χ1n) is 10.6. The van der Waals surface area contributed by atoms with E-state index in [1.807, 2.05) is 53.8 Å². The van der Waals surface area contributed by atoms with Crippen molar-refractivity contribution in [1.29, 1.82) is 0 Å². The molecule has 0 saturated carbocycles. The number of hydrogen-bond acceptors (Lipinski definition) is 5. The third-order valence-corrected chi connectivity index (χ3v) is 5.97. The number of amides is 1. The number of carbonyl (C=O) groups is 1. The number of carbonyl (C=O) groups excluding carboxylic acids is 1. The van der Waals surface area contributed by atoms with Crippen LogP contribution < -0.4 is 0 Å². The highest BCUT2D eigenvalue weighted by Crippen LogP contribution is 2.30. The molecular weight excluding hydrogens is 380 g/mol. The Kier molecular flexibility index (Phi) is 4.90. The van der Waals surface area contributed by atoms with Gasteiger partial charge in [0, 0.05) is 43.4 Å². The molecule has 0 N–H and O–H groups in total. The average Bonchev–Trinajstić information content (AvgIpc) is 3.36. The first kappa shape index (κ1) is 19.1. The summed E-state index contributed by atoms with van der Waals surface area (Å²) in [6.45, 7) is 6.67. The third kappa shape index (κ3) is 3.54. The molecule has 3 aromatic rings. The predicted molar refractivity (Wildman–Crippen MR) is 111 cm³/mol. The smallest absolute Gasteiger partial charge is 0.254 e. The summed E-state index contributed by atoms with van der Waals surface area (Å²) in [6.07, 6.45) is 2.61. The molecule has 1 fully saturated rings. The first-order valence-corrected chi connectivity index (χ1v) is 10.6. The van der Waals surface area contributed by atoms with Crippen LogP contribution in [0.4, 0.5) is 0 Å². The predicted octanol–water partition coefficient (Wildman–Crippen LogP) is 3.57. The van der Waals surface area contributed by atoms with Gasteiger partial charge in [-0.25, -0.2) is 9.67 Å². The van der Waals surface area contributed by atoms with E-state index in [0.29, 0.717) is 31.0 Å². The molecule has 0 radical (unpaired) electrons. The number of benzene rings is 1. The van der Waals surface area contributed by atoms with Gasteiger partial charge in [0.1, 0.15) is 11.5 Å². The molecule has 0 aliphatic carbocycles. The average molecular weight is 406 g/mol. The van der Waals surface area contributed by atoms with E-state index >= 15 is 0 Å². The topological polar surface area (TPSA) is 73.4 Å². The summed E-state index contributed by atoms with van der Waals surface area (Å²) in [5.41, 5.74) is 4.58. The molecule has 1 aromatic carbocycles. The highest BCUT2D eigenvalue weighted by molar-refractivity contribution is 5.94. The van der Waals surface area contributed by atoms with E-state index in [4.69, 9.17) is 14.1 Å². The Bertz CT molecular complexity index is 1060. The fraction of sp³-hybridized carbons (Fsp3) is 0.435. The number of nitrogens with zero attached hydrogens (tertiary/aromatic N) is 4. The maximum Gasteiger partial charge on any atom is 0.254 e. The van der Waals surface area contributed by atoms with Crippen molar-refractivity contribution in [3.8, 4) is 5.69 Å². The minimum Gasteiger partial charge on any atom is -0.445 e. The van der Waals surface area contributed by atoms with E-state index in [0.717, 1.165) is 60.5 Å². The molecule has 7 nitrogen and oxygen atoms in total. The number of rotatable bonds is 3. The third-order valence-electron chi connectivity index (χ3n) is 5.97. The van der Waals surface area contributed by atoms with Crippen molar-refractivity contribution in [3.05, 3.63) is 64.6 Å². The lowest BCUT2D eigenvalue weighted by atomic mass is 10.0. The van der Waals surface area contributed by atoms with Gasteiger partial charge in [-0.15, -0.1) is 0 Å². The van der Waals surface area contributed by atoms with Gasteiger partial charge >= 0.3 is 0 Å². The lowest BCUT2D eigenvalue weighted by Gasteiger charge is -2.25. The number of aromatic nitrogens is 3. The molecule has 1 amide bonds. The van der Waals surface area contributed by atoms with Crippen LogP contribution in [0, 0.1) is 13.8 Å². The van der Waals surface area contributed by atoms with Gasteiger partial charge < -0.3 is 14.1 Å². The molecule has 4 heterocycles. The summed E-state index contributed by atoms with van der Waals surface area (Å²) >= 11 is 0. The summed E-state index contributed by atoms with van der Waals surface area (Å²) in [6, 6.07) is 9.68. The maximum absolute atomic E-state index is 13.1. The Labute approximate surface area is 175 Å². The van der Waals surface area contributed by atoms with E-state index < -0.39 is 0 Å². The molecule has 2 aliphatic heterocycles. The molecule has 7 heteroatoms. The van der Waals surface area contributed by atoms with Crippen molar-refractivity contribution >= 4 is 5.91 Å². The number of fused-ring (bicyclic) bond motifs is 1. The van der Waals surface area contributed by atoms with E-state index in [2.05, 4.69) is 5.10 Å². The van der Waals surface area contributed by atoms with Crippen LogP contribution in [0.1, 0.15) is 57.9 Å². The fourth-order valence-electron chi connectivity index (χ4n) is 4.33. The van der Waals surface area contributed by atoms with Gasteiger partial charge in [-0.05, 0) is 57.0 Å². The Hall–Kier alpha value is -2.93. The molecule has 0 atom stereocenters. The van der Waals surface area contributed by atoms with Gasteiger partial charge in [0.15, 0.2) is 5.89 Å². The zero-order valence-corrected chi connectivity index (χ0v) is 17.4. The Morgan fingerprint density at radius 1 is 1.13 bits per heavy atom. The van der Waals surface area contributed by atoms with E-state index in [1.165, 1.54) is 0 Å². The van der Waals surface area contributed by atoms with Gasteiger partial charge in [0.2, 0.25) is 0 Å². The molecule has 156 valence electrons. The van der Waals surface area contributed by atoms with Gasteiger partial charge in [0.05, 0.1) is 17.9 Å². The van der Waals surface area contributed by atoms with Crippen molar-refractivity contribution in [2.75, 3.05) is 19.8 Å². The van der Waals surface area contributed by atoms with Crippen LogP contribution in [-0.2, 0) is 17.7 Å². The first-order chi connectivity index (χ1) is 14.6. The molecular formula is C23H26N4O3. The van der Waals surface area contributed by atoms with Crippen molar-refractivity contribution in [3.63, 3.8) is 0 Å². The highest BCUT2D eigenvalue weighted by Gasteiger charge is 2.29. The monoisotopic (exact) mass is 406 g/mol. The van der Waals surface area contributed by atoms with Crippen molar-refractivity contribution in [2.24, 2.45) is 0 Å². The lowest BCUT2D eigenvalue weighted by Crippen LogP contribution is -2.35. The normalized spacial score (nSPS) is 17.2. The summed E-state index contributed by atoms with van der Waals surface area (Å²) < 4.78 is 13.4. The minimum absolute atomic E-state index is 0.0242. The van der Waals surface area contributed by atoms with Crippen LogP contribution >= 0.6 is 0 Å². The van der Waals surface area contributed by atoms with Crippen LogP contribution in [0.15, 0.2) is 34.7 Å². The molecule has 0 unspecified atom stereocenters. The minimum atomic E-state index is 0.0242. The Morgan fingerprint density at radius 2 is 1.90 bits per heavy atom. The van der Waals surface area contributed by atoms with Crippen molar-refractivity contribution < 1.29 is 13.9 Å². The number of ether oxygens (including phenoxy) is 1. The molecule has 2 aromatic heterocycles. The Morgan fingerprint density at radius 3 is 2.60 bits per heavy atom. The zero-order chi connectivity index (χ0) is 20.7. The maximum atomic E-state index is 13.1. The fourth-order valence-corrected chi connectivity index (χ4v) is 4.33.